The molecular weight excluding hydrogens is 405 g/mol. The monoisotopic (exact) mass is 437 g/mol. The van der Waals surface area contributed by atoms with Gasteiger partial charge in [-0.15, -0.1) is 0 Å². The summed E-state index contributed by atoms with van der Waals surface area (Å²) in [6.45, 7) is 5.54. The Labute approximate surface area is 179 Å². The fourth-order valence-corrected chi connectivity index (χ4v) is 4.59. The highest BCUT2D eigenvalue weighted by atomic mass is 32.1. The Bertz CT molecular complexity index is 860. The molecule has 0 spiro atoms. The zero-order valence-electron chi connectivity index (χ0n) is 17.4. The number of hydrogen-bond acceptors (Lipinski definition) is 3. The minimum Gasteiger partial charge on any atom is -0.370 e. The van der Waals surface area contributed by atoms with Crippen molar-refractivity contribution in [3.05, 3.63) is 48.0 Å². The maximum Gasteiger partial charge on any atom is 0.470 e. The standard InChI is InChI=1S/C22H32NO4PS/c1-4-5-6-7-8-16-20(29)23-21(22(2,3)27-28(24,25)26)19-15-11-13-17-12-9-10-14-18(17)19/h9-15,21H,4-8,16H2,1-3H3,(H,23,29)(H2,24,25,26). The Morgan fingerprint density at radius 1 is 1.10 bits per heavy atom. The first kappa shape index (κ1) is 24.0. The molecule has 1 atom stereocenters. The molecule has 29 heavy (non-hydrogen) atoms. The van der Waals surface area contributed by atoms with Crippen molar-refractivity contribution < 1.29 is 18.9 Å². The number of rotatable bonds is 11. The molecule has 0 fully saturated rings. The third-order valence-electron chi connectivity index (χ3n) is 5.00. The van der Waals surface area contributed by atoms with E-state index in [2.05, 4.69) is 12.2 Å². The van der Waals surface area contributed by atoms with Gasteiger partial charge in [0.05, 0.1) is 16.6 Å². The number of hydrogen-bond donors (Lipinski definition) is 3. The highest BCUT2D eigenvalue weighted by molar-refractivity contribution is 7.80. The van der Waals surface area contributed by atoms with Crippen molar-refractivity contribution in [2.24, 2.45) is 0 Å². The highest BCUT2D eigenvalue weighted by Crippen LogP contribution is 2.46. The quantitative estimate of drug-likeness (QED) is 0.226. The second-order valence-electron chi connectivity index (χ2n) is 7.92. The normalized spacial score (nSPS) is 13.4. The van der Waals surface area contributed by atoms with E-state index in [9.17, 15) is 14.4 Å². The zero-order chi connectivity index (χ0) is 21.5. The summed E-state index contributed by atoms with van der Waals surface area (Å²) in [6.07, 6.45) is 6.47. The summed E-state index contributed by atoms with van der Waals surface area (Å²) in [5.74, 6) is 0. The molecule has 1 unspecified atom stereocenters. The number of nitrogens with one attached hydrogen (secondary N) is 1. The van der Waals surface area contributed by atoms with Gasteiger partial charge in [0.1, 0.15) is 0 Å². The largest absolute Gasteiger partial charge is 0.470 e. The molecule has 0 saturated carbocycles. The summed E-state index contributed by atoms with van der Waals surface area (Å²) < 4.78 is 16.8. The third kappa shape index (κ3) is 7.47. The second-order valence-corrected chi connectivity index (χ2v) is 9.57. The lowest BCUT2D eigenvalue weighted by atomic mass is 9.88. The van der Waals surface area contributed by atoms with Crippen molar-refractivity contribution in [2.45, 2.75) is 70.9 Å². The van der Waals surface area contributed by atoms with Gasteiger partial charge >= 0.3 is 7.82 Å². The Hall–Kier alpha value is -1.30. The molecule has 0 aliphatic rings. The predicted molar refractivity (Wildman–Crippen MR) is 123 cm³/mol. The van der Waals surface area contributed by atoms with Gasteiger partial charge in [-0.1, -0.05) is 87.3 Å². The van der Waals surface area contributed by atoms with Crippen LogP contribution in [0.5, 0.6) is 0 Å². The number of phosphoric ester groups is 1. The molecular formula is C22H32NO4PS. The van der Waals surface area contributed by atoms with Crippen LogP contribution in [0.1, 0.15) is 70.9 Å². The van der Waals surface area contributed by atoms with E-state index in [4.69, 9.17) is 16.7 Å². The van der Waals surface area contributed by atoms with Crippen LogP contribution in [0.25, 0.3) is 10.8 Å². The molecule has 0 heterocycles. The van der Waals surface area contributed by atoms with Gasteiger partial charge in [-0.05, 0) is 43.0 Å². The van der Waals surface area contributed by atoms with Crippen LogP contribution in [0, 0.1) is 0 Å². The first-order valence-electron chi connectivity index (χ1n) is 10.2. The fraction of sp³-hybridized carbons (Fsp3) is 0.500. The van der Waals surface area contributed by atoms with Gasteiger partial charge in [0.25, 0.3) is 0 Å². The minimum absolute atomic E-state index is 0.510. The molecule has 0 saturated heterocycles. The van der Waals surface area contributed by atoms with Gasteiger partial charge in [0, 0.05) is 0 Å². The fourth-order valence-electron chi connectivity index (χ4n) is 3.61. The summed E-state index contributed by atoms with van der Waals surface area (Å²) in [5.41, 5.74) is -0.287. The van der Waals surface area contributed by atoms with E-state index in [1.54, 1.807) is 13.8 Å². The summed E-state index contributed by atoms with van der Waals surface area (Å²) >= 11 is 5.58. The van der Waals surface area contributed by atoms with Crippen molar-refractivity contribution in [3.63, 3.8) is 0 Å². The third-order valence-corrected chi connectivity index (χ3v) is 6.03. The molecule has 0 aromatic heterocycles. The van der Waals surface area contributed by atoms with E-state index in [1.807, 2.05) is 42.5 Å². The smallest absolute Gasteiger partial charge is 0.370 e. The average Bonchev–Trinajstić information content (AvgIpc) is 2.63. The highest BCUT2D eigenvalue weighted by Gasteiger charge is 2.38. The zero-order valence-corrected chi connectivity index (χ0v) is 19.1. The van der Waals surface area contributed by atoms with Crippen molar-refractivity contribution in [1.82, 2.24) is 5.32 Å². The number of fused-ring (bicyclic) bond motifs is 1. The lowest BCUT2D eigenvalue weighted by Crippen LogP contribution is -2.43. The molecule has 0 bridgehead atoms. The topological polar surface area (TPSA) is 78.8 Å². The molecule has 160 valence electrons. The van der Waals surface area contributed by atoms with Crippen LogP contribution in [0.2, 0.25) is 0 Å². The van der Waals surface area contributed by atoms with Gasteiger partial charge in [-0.25, -0.2) is 4.57 Å². The molecule has 7 heteroatoms. The van der Waals surface area contributed by atoms with E-state index < -0.39 is 19.5 Å². The van der Waals surface area contributed by atoms with Crippen LogP contribution >= 0.6 is 20.0 Å². The average molecular weight is 438 g/mol. The maximum absolute atomic E-state index is 11.6. The molecule has 0 aliphatic carbocycles. The minimum atomic E-state index is -4.68. The predicted octanol–water partition coefficient (Wildman–Crippen LogP) is 6.05. The Morgan fingerprint density at radius 3 is 2.45 bits per heavy atom. The SMILES string of the molecule is CCCCCCCC(=S)NC(c1cccc2ccccc12)C(C)(C)OP(=O)(O)O. The molecule has 2 aromatic rings. The summed E-state index contributed by atoms with van der Waals surface area (Å²) in [6, 6.07) is 13.3. The van der Waals surface area contributed by atoms with Gasteiger partial charge in [0.15, 0.2) is 0 Å². The van der Waals surface area contributed by atoms with Gasteiger partial charge < -0.3 is 15.1 Å². The van der Waals surface area contributed by atoms with Crippen molar-refractivity contribution in [3.8, 4) is 0 Å². The number of benzene rings is 2. The second kappa shape index (κ2) is 10.6. The number of phosphoric acid groups is 1. The first-order valence-corrected chi connectivity index (χ1v) is 12.1. The molecule has 5 nitrogen and oxygen atoms in total. The van der Waals surface area contributed by atoms with E-state index in [0.29, 0.717) is 4.99 Å². The lowest BCUT2D eigenvalue weighted by molar-refractivity contribution is 0.0371. The Balaban J connectivity index is 2.29. The molecule has 0 aliphatic heterocycles. The van der Waals surface area contributed by atoms with Crippen LogP contribution in [0.15, 0.2) is 42.5 Å². The Kier molecular flexibility index (Phi) is 8.80. The maximum atomic E-state index is 11.6. The summed E-state index contributed by atoms with van der Waals surface area (Å²) in [4.78, 5) is 19.6. The molecule has 0 amide bonds. The Morgan fingerprint density at radius 2 is 1.76 bits per heavy atom. The number of unbranched alkanes of at least 4 members (excludes halogenated alkanes) is 4. The molecule has 2 rings (SSSR count). The van der Waals surface area contributed by atoms with Gasteiger partial charge in [0.2, 0.25) is 0 Å². The summed E-state index contributed by atoms with van der Waals surface area (Å²) in [7, 11) is -4.68. The van der Waals surface area contributed by atoms with Gasteiger partial charge in [-0.2, -0.15) is 0 Å². The van der Waals surface area contributed by atoms with Crippen molar-refractivity contribution in [1.29, 1.82) is 0 Å². The van der Waals surface area contributed by atoms with Crippen molar-refractivity contribution >= 4 is 35.8 Å². The molecule has 2 aromatic carbocycles. The summed E-state index contributed by atoms with van der Waals surface area (Å²) in [5, 5.41) is 5.39. The van der Waals surface area contributed by atoms with E-state index in [1.165, 1.54) is 19.3 Å². The van der Waals surface area contributed by atoms with Crippen LogP contribution in [-0.4, -0.2) is 20.4 Å². The van der Waals surface area contributed by atoms with Crippen LogP contribution in [0.3, 0.4) is 0 Å². The lowest BCUT2D eigenvalue weighted by Gasteiger charge is -2.36. The van der Waals surface area contributed by atoms with E-state index in [0.717, 1.165) is 35.6 Å². The molecule has 3 N–H and O–H groups in total. The van der Waals surface area contributed by atoms with Gasteiger partial charge in [-0.3, -0.25) is 4.52 Å². The van der Waals surface area contributed by atoms with Crippen LogP contribution in [0.4, 0.5) is 0 Å². The van der Waals surface area contributed by atoms with E-state index in [-0.39, 0.29) is 0 Å². The van der Waals surface area contributed by atoms with Crippen molar-refractivity contribution in [2.75, 3.05) is 0 Å². The van der Waals surface area contributed by atoms with E-state index >= 15 is 0 Å². The van der Waals surface area contributed by atoms with Crippen LogP contribution < -0.4 is 5.32 Å². The first-order chi connectivity index (χ1) is 13.6. The molecule has 0 radical (unpaired) electrons. The number of thiocarbonyl (C=S) groups is 1. The van der Waals surface area contributed by atoms with Crippen LogP contribution in [-0.2, 0) is 9.09 Å².